The van der Waals surface area contributed by atoms with Crippen LogP contribution in [0.4, 0.5) is 0 Å². The lowest BCUT2D eigenvalue weighted by atomic mass is 9.97. The molecule has 1 unspecified atom stereocenters. The summed E-state index contributed by atoms with van der Waals surface area (Å²) < 4.78 is 0. The summed E-state index contributed by atoms with van der Waals surface area (Å²) in [6, 6.07) is 15.4. The summed E-state index contributed by atoms with van der Waals surface area (Å²) in [7, 11) is 0. The number of aliphatic hydroxyl groups is 1. The first-order valence-corrected chi connectivity index (χ1v) is 6.87. The molecule has 0 radical (unpaired) electrons. The van der Waals surface area contributed by atoms with Crippen LogP contribution in [0.1, 0.15) is 17.2 Å². The topological polar surface area (TPSA) is 33.1 Å². The molecule has 0 bridgehead atoms. The molecule has 3 aromatic rings. The Bertz CT molecular complexity index is 736. The van der Waals surface area contributed by atoms with Gasteiger partial charge in [-0.1, -0.05) is 41.9 Å². The van der Waals surface area contributed by atoms with E-state index in [9.17, 15) is 5.11 Å². The number of rotatable bonds is 3. The molecule has 1 N–H and O–H groups in total. The van der Waals surface area contributed by atoms with Crippen LogP contribution in [0.5, 0.6) is 0 Å². The molecule has 0 amide bonds. The fourth-order valence-electron chi connectivity index (χ4n) is 2.44. The van der Waals surface area contributed by atoms with Crippen LogP contribution in [0.25, 0.3) is 10.8 Å². The zero-order chi connectivity index (χ0) is 13.9. The van der Waals surface area contributed by atoms with Crippen molar-refractivity contribution >= 4 is 22.4 Å². The minimum Gasteiger partial charge on any atom is -0.388 e. The molecular weight excluding hydrogens is 270 g/mol. The van der Waals surface area contributed by atoms with Gasteiger partial charge in [-0.05, 0) is 34.7 Å². The number of halogens is 1. The summed E-state index contributed by atoms with van der Waals surface area (Å²) in [6.07, 6.45) is 3.55. The van der Waals surface area contributed by atoms with E-state index in [1.807, 2.05) is 54.7 Å². The summed E-state index contributed by atoms with van der Waals surface area (Å²) in [5.74, 6) is 0. The molecule has 0 saturated carbocycles. The molecule has 20 heavy (non-hydrogen) atoms. The van der Waals surface area contributed by atoms with Gasteiger partial charge in [-0.3, -0.25) is 4.98 Å². The second-order valence-electron chi connectivity index (χ2n) is 4.79. The van der Waals surface area contributed by atoms with Crippen LogP contribution >= 0.6 is 11.6 Å². The molecule has 0 aliphatic heterocycles. The fraction of sp³-hybridized carbons (Fsp3) is 0.118. The molecule has 3 heteroatoms. The quantitative estimate of drug-likeness (QED) is 0.783. The molecule has 100 valence electrons. The van der Waals surface area contributed by atoms with E-state index in [4.69, 9.17) is 11.6 Å². The molecule has 1 heterocycles. The molecule has 1 aromatic heterocycles. The average Bonchev–Trinajstić information content (AvgIpc) is 2.46. The van der Waals surface area contributed by atoms with Crippen molar-refractivity contribution in [3.8, 4) is 0 Å². The van der Waals surface area contributed by atoms with Crippen LogP contribution in [0.3, 0.4) is 0 Å². The van der Waals surface area contributed by atoms with Crippen LogP contribution in [0, 0.1) is 0 Å². The Hall–Kier alpha value is -1.90. The van der Waals surface area contributed by atoms with E-state index in [1.165, 1.54) is 0 Å². The van der Waals surface area contributed by atoms with E-state index in [0.717, 1.165) is 21.9 Å². The largest absolute Gasteiger partial charge is 0.388 e. The lowest BCUT2D eigenvalue weighted by molar-refractivity contribution is 0.180. The predicted molar refractivity (Wildman–Crippen MR) is 81.9 cm³/mol. The van der Waals surface area contributed by atoms with Gasteiger partial charge in [-0.15, -0.1) is 0 Å². The molecule has 2 nitrogen and oxygen atoms in total. The van der Waals surface area contributed by atoms with Gasteiger partial charge in [0.25, 0.3) is 0 Å². The van der Waals surface area contributed by atoms with Crippen LogP contribution in [-0.2, 0) is 6.42 Å². The Morgan fingerprint density at radius 1 is 1.10 bits per heavy atom. The number of pyridine rings is 1. The van der Waals surface area contributed by atoms with Gasteiger partial charge in [-0.25, -0.2) is 0 Å². The highest BCUT2D eigenvalue weighted by Crippen LogP contribution is 2.26. The third-order valence-corrected chi connectivity index (χ3v) is 3.63. The average molecular weight is 284 g/mol. The Balaban J connectivity index is 1.94. The van der Waals surface area contributed by atoms with Gasteiger partial charge in [0.05, 0.1) is 6.10 Å². The van der Waals surface area contributed by atoms with E-state index >= 15 is 0 Å². The van der Waals surface area contributed by atoms with Gasteiger partial charge in [0.2, 0.25) is 0 Å². The maximum absolute atomic E-state index is 10.5. The maximum Gasteiger partial charge on any atom is 0.0836 e. The van der Waals surface area contributed by atoms with Crippen LogP contribution in [-0.4, -0.2) is 10.1 Å². The summed E-state index contributed by atoms with van der Waals surface area (Å²) >= 11 is 5.98. The van der Waals surface area contributed by atoms with Crippen molar-refractivity contribution < 1.29 is 5.11 Å². The summed E-state index contributed by atoms with van der Waals surface area (Å²) in [5.41, 5.74) is 1.95. The van der Waals surface area contributed by atoms with Gasteiger partial charge in [0, 0.05) is 29.2 Å². The normalized spacial score (nSPS) is 12.5. The standard InChI is InChI=1S/C17H14ClNO/c18-14-5-1-3-12(9-14)10-17(20)16-6-2-4-13-11-19-8-7-15(13)16/h1-9,11,17,20H,10H2. The van der Waals surface area contributed by atoms with Gasteiger partial charge in [0.1, 0.15) is 0 Å². The number of benzene rings is 2. The number of hydrogen-bond acceptors (Lipinski definition) is 2. The molecule has 0 fully saturated rings. The minimum absolute atomic E-state index is 0.544. The Morgan fingerprint density at radius 2 is 1.95 bits per heavy atom. The highest BCUT2D eigenvalue weighted by molar-refractivity contribution is 6.30. The third-order valence-electron chi connectivity index (χ3n) is 3.39. The monoisotopic (exact) mass is 283 g/mol. The van der Waals surface area contributed by atoms with Crippen molar-refractivity contribution in [1.82, 2.24) is 4.98 Å². The molecule has 2 aromatic carbocycles. The maximum atomic E-state index is 10.5. The second-order valence-corrected chi connectivity index (χ2v) is 5.23. The molecule has 0 aliphatic rings. The highest BCUT2D eigenvalue weighted by atomic mass is 35.5. The van der Waals surface area contributed by atoms with Crippen molar-refractivity contribution in [2.24, 2.45) is 0 Å². The molecule has 0 saturated heterocycles. The van der Waals surface area contributed by atoms with Crippen molar-refractivity contribution in [1.29, 1.82) is 0 Å². The molecule has 0 aliphatic carbocycles. The zero-order valence-electron chi connectivity index (χ0n) is 10.8. The molecule has 3 rings (SSSR count). The van der Waals surface area contributed by atoms with Crippen molar-refractivity contribution in [2.75, 3.05) is 0 Å². The lowest BCUT2D eigenvalue weighted by Crippen LogP contribution is -2.02. The van der Waals surface area contributed by atoms with E-state index in [-0.39, 0.29) is 0 Å². The Labute approximate surface area is 122 Å². The zero-order valence-corrected chi connectivity index (χ0v) is 11.6. The first-order valence-electron chi connectivity index (χ1n) is 6.49. The van der Waals surface area contributed by atoms with E-state index in [1.54, 1.807) is 6.20 Å². The summed E-state index contributed by atoms with van der Waals surface area (Å²) in [5, 5.41) is 13.3. The molecule has 1 atom stereocenters. The number of nitrogens with zero attached hydrogens (tertiary/aromatic N) is 1. The third kappa shape index (κ3) is 2.67. The smallest absolute Gasteiger partial charge is 0.0836 e. The highest BCUT2D eigenvalue weighted by Gasteiger charge is 2.12. The van der Waals surface area contributed by atoms with Gasteiger partial charge in [0.15, 0.2) is 0 Å². The molecule has 0 spiro atoms. The lowest BCUT2D eigenvalue weighted by Gasteiger charge is -2.14. The number of aliphatic hydroxyl groups excluding tert-OH is 1. The van der Waals surface area contributed by atoms with Gasteiger partial charge in [-0.2, -0.15) is 0 Å². The van der Waals surface area contributed by atoms with Crippen LogP contribution in [0.2, 0.25) is 5.02 Å². The number of fused-ring (bicyclic) bond motifs is 1. The Morgan fingerprint density at radius 3 is 2.80 bits per heavy atom. The SMILES string of the molecule is OC(Cc1cccc(Cl)c1)c1cccc2cnccc12. The number of hydrogen-bond donors (Lipinski definition) is 1. The van der Waals surface area contributed by atoms with Gasteiger partial charge < -0.3 is 5.11 Å². The molecular formula is C17H14ClNO. The first-order chi connectivity index (χ1) is 9.74. The van der Waals surface area contributed by atoms with Gasteiger partial charge >= 0.3 is 0 Å². The first kappa shape index (κ1) is 13.1. The fourth-order valence-corrected chi connectivity index (χ4v) is 2.65. The number of aromatic nitrogens is 1. The van der Waals surface area contributed by atoms with Crippen LogP contribution in [0.15, 0.2) is 60.9 Å². The summed E-state index contributed by atoms with van der Waals surface area (Å²) in [4.78, 5) is 4.11. The minimum atomic E-state index is -0.556. The van der Waals surface area contributed by atoms with Crippen LogP contribution < -0.4 is 0 Å². The predicted octanol–water partition coefficient (Wildman–Crippen LogP) is 4.16. The van der Waals surface area contributed by atoms with E-state index in [2.05, 4.69) is 4.98 Å². The van der Waals surface area contributed by atoms with Crippen molar-refractivity contribution in [2.45, 2.75) is 12.5 Å². The van der Waals surface area contributed by atoms with E-state index in [0.29, 0.717) is 11.4 Å². The Kier molecular flexibility index (Phi) is 3.68. The summed E-state index contributed by atoms with van der Waals surface area (Å²) in [6.45, 7) is 0. The second kappa shape index (κ2) is 5.61. The van der Waals surface area contributed by atoms with Crippen molar-refractivity contribution in [3.05, 3.63) is 77.1 Å². The van der Waals surface area contributed by atoms with Crippen molar-refractivity contribution in [3.63, 3.8) is 0 Å². The van der Waals surface area contributed by atoms with E-state index < -0.39 is 6.10 Å².